The van der Waals surface area contributed by atoms with Crippen molar-refractivity contribution >= 4 is 11.8 Å². The molecule has 0 aliphatic carbocycles. The monoisotopic (exact) mass is 700 g/mol. The highest BCUT2D eigenvalue weighted by atomic mass is 32.2. The zero-order valence-corrected chi connectivity index (χ0v) is 32.7. The molecule has 51 heavy (non-hydrogen) atoms. The van der Waals surface area contributed by atoms with Crippen LogP contribution < -0.4 is 0 Å². The largest absolute Gasteiger partial charge is 0.508 e. The number of aliphatic hydroxyl groups is 1. The van der Waals surface area contributed by atoms with Crippen LogP contribution in [0.25, 0.3) is 0 Å². The smallest absolute Gasteiger partial charge is 0.127 e. The number of aryl methyl sites for hydroxylation is 4. The predicted octanol–water partition coefficient (Wildman–Crippen LogP) is 10.8. The summed E-state index contributed by atoms with van der Waals surface area (Å²) in [6.45, 7) is 17.0. The zero-order valence-electron chi connectivity index (χ0n) is 31.9. The van der Waals surface area contributed by atoms with Crippen molar-refractivity contribution in [2.45, 2.75) is 110 Å². The minimum atomic E-state index is -0.837. The van der Waals surface area contributed by atoms with E-state index < -0.39 is 5.60 Å². The number of phenols is 2. The van der Waals surface area contributed by atoms with Crippen molar-refractivity contribution in [1.29, 1.82) is 0 Å². The van der Waals surface area contributed by atoms with Gasteiger partial charge < -0.3 is 15.3 Å². The summed E-state index contributed by atoms with van der Waals surface area (Å²) in [5, 5.41) is 30.4. The molecular weight excluding hydrogens is 645 g/mol. The van der Waals surface area contributed by atoms with E-state index in [1.54, 1.807) is 12.1 Å². The van der Waals surface area contributed by atoms with Crippen LogP contribution in [0.1, 0.15) is 122 Å². The van der Waals surface area contributed by atoms with E-state index in [1.807, 2.05) is 37.7 Å². The SMILES string of the molecule is C#Cc1ccc(C(CC)(CC)c2ccc(O)c(C)c2)cc1C.CCC(CC)(c1ccc(O)c(C)c1)c1ccc(C#CC2(O)CCSCC2)c(C)c1. The Balaban J connectivity index is 0.000000238. The number of benzene rings is 4. The molecule has 4 heteroatoms. The molecule has 0 bridgehead atoms. The number of rotatable bonds is 8. The third-order valence-electron chi connectivity index (χ3n) is 11.4. The zero-order chi connectivity index (χ0) is 37.4. The number of thioether (sulfide) groups is 1. The molecule has 3 nitrogen and oxygen atoms in total. The first kappa shape index (κ1) is 39.7. The van der Waals surface area contributed by atoms with Crippen LogP contribution in [0.15, 0.2) is 72.8 Å². The molecule has 3 N–H and O–H groups in total. The lowest BCUT2D eigenvalue weighted by Gasteiger charge is -2.34. The lowest BCUT2D eigenvalue weighted by atomic mass is 9.70. The fourth-order valence-electron chi connectivity index (χ4n) is 7.62. The Hall–Kier alpha value is -4.09. The average molecular weight is 701 g/mol. The molecule has 268 valence electrons. The van der Waals surface area contributed by atoms with Crippen molar-refractivity contribution in [2.24, 2.45) is 0 Å². The fourth-order valence-corrected chi connectivity index (χ4v) is 8.78. The Kier molecular flexibility index (Phi) is 13.2. The Morgan fingerprint density at radius 1 is 0.608 bits per heavy atom. The highest BCUT2D eigenvalue weighted by Crippen LogP contribution is 2.42. The van der Waals surface area contributed by atoms with Gasteiger partial charge in [0, 0.05) is 22.0 Å². The highest BCUT2D eigenvalue weighted by Gasteiger charge is 2.33. The van der Waals surface area contributed by atoms with Gasteiger partial charge in [0.15, 0.2) is 0 Å². The Morgan fingerprint density at radius 3 is 1.33 bits per heavy atom. The molecule has 5 rings (SSSR count). The molecule has 0 spiro atoms. The van der Waals surface area contributed by atoms with Gasteiger partial charge in [-0.3, -0.25) is 0 Å². The van der Waals surface area contributed by atoms with Crippen LogP contribution in [-0.2, 0) is 10.8 Å². The molecule has 1 heterocycles. The second-order valence-electron chi connectivity index (χ2n) is 14.2. The molecule has 0 radical (unpaired) electrons. The van der Waals surface area contributed by atoms with Crippen molar-refractivity contribution < 1.29 is 15.3 Å². The Bertz CT molecular complexity index is 1920. The fraction of sp³-hybridized carbons (Fsp3) is 0.404. The van der Waals surface area contributed by atoms with Crippen LogP contribution >= 0.6 is 11.8 Å². The van der Waals surface area contributed by atoms with E-state index in [-0.39, 0.29) is 10.8 Å². The molecule has 1 aliphatic rings. The molecule has 0 unspecified atom stereocenters. The molecule has 0 amide bonds. The number of hydrogen-bond acceptors (Lipinski definition) is 4. The summed E-state index contributed by atoms with van der Waals surface area (Å²) in [5.74, 6) is 11.8. The van der Waals surface area contributed by atoms with Gasteiger partial charge in [-0.15, -0.1) is 6.42 Å². The van der Waals surface area contributed by atoms with Gasteiger partial charge in [-0.25, -0.2) is 0 Å². The van der Waals surface area contributed by atoms with E-state index in [0.29, 0.717) is 11.5 Å². The van der Waals surface area contributed by atoms with Gasteiger partial charge in [0.1, 0.15) is 17.1 Å². The summed E-state index contributed by atoms with van der Waals surface area (Å²) in [6, 6.07) is 24.9. The van der Waals surface area contributed by atoms with E-state index in [0.717, 1.165) is 83.4 Å². The van der Waals surface area contributed by atoms with Gasteiger partial charge in [0.25, 0.3) is 0 Å². The molecule has 4 aromatic rings. The number of terminal acetylenes is 1. The van der Waals surface area contributed by atoms with Crippen LogP contribution in [0, 0.1) is 51.9 Å². The van der Waals surface area contributed by atoms with Crippen molar-refractivity contribution in [2.75, 3.05) is 11.5 Å². The summed E-state index contributed by atoms with van der Waals surface area (Å²) in [4.78, 5) is 0. The number of aromatic hydroxyl groups is 2. The summed E-state index contributed by atoms with van der Waals surface area (Å²) in [7, 11) is 0. The highest BCUT2D eigenvalue weighted by molar-refractivity contribution is 7.99. The molecule has 1 saturated heterocycles. The van der Waals surface area contributed by atoms with Crippen molar-refractivity contribution in [3.8, 4) is 35.7 Å². The summed E-state index contributed by atoms with van der Waals surface area (Å²) in [6.07, 6.45) is 11.0. The lowest BCUT2D eigenvalue weighted by Crippen LogP contribution is -2.31. The van der Waals surface area contributed by atoms with Crippen LogP contribution in [0.4, 0.5) is 0 Å². The average Bonchev–Trinajstić information content (AvgIpc) is 3.13. The van der Waals surface area contributed by atoms with Crippen LogP contribution in [-0.4, -0.2) is 32.4 Å². The van der Waals surface area contributed by atoms with Crippen LogP contribution in [0.2, 0.25) is 0 Å². The maximum atomic E-state index is 10.7. The van der Waals surface area contributed by atoms with Gasteiger partial charge in [0.2, 0.25) is 0 Å². The van der Waals surface area contributed by atoms with Gasteiger partial charge >= 0.3 is 0 Å². The van der Waals surface area contributed by atoms with E-state index in [1.165, 1.54) is 22.3 Å². The third kappa shape index (κ3) is 8.52. The Labute approximate surface area is 312 Å². The summed E-state index contributed by atoms with van der Waals surface area (Å²) in [5.41, 5.74) is 10.1. The summed E-state index contributed by atoms with van der Waals surface area (Å²) >= 11 is 1.89. The molecule has 0 atom stereocenters. The number of phenolic OH excluding ortho intramolecular Hbond substituents is 2. The third-order valence-corrected chi connectivity index (χ3v) is 12.4. The van der Waals surface area contributed by atoms with E-state index >= 15 is 0 Å². The maximum Gasteiger partial charge on any atom is 0.127 e. The molecule has 0 saturated carbocycles. The number of hydrogen-bond donors (Lipinski definition) is 3. The van der Waals surface area contributed by atoms with E-state index in [2.05, 4.69) is 108 Å². The Morgan fingerprint density at radius 2 is 0.980 bits per heavy atom. The second-order valence-corrected chi connectivity index (χ2v) is 15.4. The van der Waals surface area contributed by atoms with Gasteiger partial charge in [-0.2, -0.15) is 11.8 Å². The molecular formula is C47H56O3S. The van der Waals surface area contributed by atoms with Crippen molar-refractivity contribution in [3.05, 3.63) is 128 Å². The molecule has 1 aliphatic heterocycles. The standard InChI is InChI=1S/C26H32O2S.C21H24O/c1-5-26(6-2,23-9-10-24(27)20(4)18-23)22-8-7-21(19(3)17-22)11-12-25(28)13-15-29-16-14-25;1-6-17-9-10-18(13-15(17)4)21(7-2,8-3)19-11-12-20(22)16(5)14-19/h7-10,17-18,27-28H,5-6,13-16H2,1-4H3;1,9-14,22H,7-8H2,2-5H3. The quantitative estimate of drug-likeness (QED) is 0.160. The van der Waals surface area contributed by atoms with Gasteiger partial charge in [0.05, 0.1) is 0 Å². The van der Waals surface area contributed by atoms with Gasteiger partial charge in [-0.05, 0) is 146 Å². The molecule has 0 aromatic heterocycles. The van der Waals surface area contributed by atoms with Gasteiger partial charge in [-0.1, -0.05) is 94.0 Å². The molecule has 1 fully saturated rings. The van der Waals surface area contributed by atoms with Crippen LogP contribution in [0.5, 0.6) is 11.5 Å². The van der Waals surface area contributed by atoms with Crippen LogP contribution in [0.3, 0.4) is 0 Å². The first-order valence-corrected chi connectivity index (χ1v) is 19.6. The predicted molar refractivity (Wildman–Crippen MR) is 217 cm³/mol. The van der Waals surface area contributed by atoms with Crippen molar-refractivity contribution in [3.63, 3.8) is 0 Å². The molecule has 4 aromatic carbocycles. The minimum Gasteiger partial charge on any atom is -0.508 e. The van der Waals surface area contributed by atoms with Crippen molar-refractivity contribution in [1.82, 2.24) is 0 Å². The minimum absolute atomic E-state index is 0.0453. The maximum absolute atomic E-state index is 10.7. The summed E-state index contributed by atoms with van der Waals surface area (Å²) < 4.78 is 0. The van der Waals surface area contributed by atoms with E-state index in [4.69, 9.17) is 6.42 Å². The second kappa shape index (κ2) is 17.0. The first-order chi connectivity index (χ1) is 24.3. The first-order valence-electron chi connectivity index (χ1n) is 18.4. The lowest BCUT2D eigenvalue weighted by molar-refractivity contribution is 0.0927. The topological polar surface area (TPSA) is 60.7 Å². The normalized spacial score (nSPS) is 14.0. The van der Waals surface area contributed by atoms with E-state index in [9.17, 15) is 15.3 Å².